The molecule has 0 atom stereocenters. The third kappa shape index (κ3) is 4.48. The van der Waals surface area contributed by atoms with E-state index in [-0.39, 0.29) is 11.3 Å². The summed E-state index contributed by atoms with van der Waals surface area (Å²) in [6, 6.07) is 20.2. The Bertz CT molecular complexity index is 1630. The van der Waals surface area contributed by atoms with Crippen LogP contribution in [0.1, 0.15) is 72.1 Å². The van der Waals surface area contributed by atoms with Crippen LogP contribution >= 0.6 is 0 Å². The van der Waals surface area contributed by atoms with Crippen molar-refractivity contribution in [3.8, 4) is 5.75 Å². The van der Waals surface area contributed by atoms with Crippen LogP contribution in [0.15, 0.2) is 66.9 Å². The fourth-order valence-corrected chi connectivity index (χ4v) is 6.85. The van der Waals surface area contributed by atoms with Crippen molar-refractivity contribution in [1.82, 2.24) is 14.7 Å². The van der Waals surface area contributed by atoms with Crippen molar-refractivity contribution >= 4 is 28.3 Å². The lowest BCUT2D eigenvalue weighted by molar-refractivity contribution is -0.147. The van der Waals surface area contributed by atoms with Gasteiger partial charge in [0.1, 0.15) is 5.75 Å². The maximum atomic E-state index is 13.5. The number of carbonyl (C=O) groups is 2. The van der Waals surface area contributed by atoms with Gasteiger partial charge in [0.15, 0.2) is 0 Å². The summed E-state index contributed by atoms with van der Waals surface area (Å²) in [6.45, 7) is 4.92. The van der Waals surface area contributed by atoms with Crippen LogP contribution in [0.3, 0.4) is 0 Å². The third-order valence-corrected chi connectivity index (χ3v) is 9.54. The van der Waals surface area contributed by atoms with Gasteiger partial charge >= 0.3 is 0 Å². The molecule has 7 nitrogen and oxygen atoms in total. The molecule has 2 fully saturated rings. The van der Waals surface area contributed by atoms with Crippen LogP contribution in [0.5, 0.6) is 5.75 Å². The van der Waals surface area contributed by atoms with Gasteiger partial charge in [-0.05, 0) is 72.5 Å². The molecule has 3 aliphatic rings. The van der Waals surface area contributed by atoms with Crippen LogP contribution in [-0.4, -0.2) is 46.7 Å². The van der Waals surface area contributed by atoms with Gasteiger partial charge in [-0.3, -0.25) is 14.3 Å². The molecule has 210 valence electrons. The molecule has 4 aromatic rings. The number of rotatable bonds is 7. The first-order valence-corrected chi connectivity index (χ1v) is 14.8. The Balaban J connectivity index is 1.07. The minimum atomic E-state index is -0.120. The first-order valence-electron chi connectivity index (χ1n) is 14.8. The molecule has 0 radical (unpaired) electrons. The quantitative estimate of drug-likeness (QED) is 0.278. The van der Waals surface area contributed by atoms with Crippen LogP contribution in [0.2, 0.25) is 0 Å². The number of ether oxygens (including phenoxy) is 1. The second kappa shape index (κ2) is 10.1. The number of amides is 2. The van der Waals surface area contributed by atoms with Gasteiger partial charge in [-0.2, -0.15) is 5.10 Å². The van der Waals surface area contributed by atoms with Gasteiger partial charge in [-0.1, -0.05) is 43.7 Å². The lowest BCUT2D eigenvalue weighted by atomic mass is 9.69. The molecule has 41 heavy (non-hydrogen) atoms. The van der Waals surface area contributed by atoms with Crippen LogP contribution < -0.4 is 9.64 Å². The number of benzene rings is 3. The van der Waals surface area contributed by atoms with Crippen molar-refractivity contribution in [2.24, 2.45) is 5.41 Å². The van der Waals surface area contributed by atoms with E-state index < -0.39 is 0 Å². The molecule has 0 spiro atoms. The summed E-state index contributed by atoms with van der Waals surface area (Å²) in [6.07, 6.45) is 7.22. The van der Waals surface area contributed by atoms with Gasteiger partial charge < -0.3 is 14.5 Å². The zero-order chi connectivity index (χ0) is 28.1. The number of anilines is 1. The monoisotopic (exact) mass is 548 g/mol. The van der Waals surface area contributed by atoms with E-state index in [9.17, 15) is 9.59 Å². The van der Waals surface area contributed by atoms with Gasteiger partial charge in [0.25, 0.3) is 5.91 Å². The lowest BCUT2D eigenvalue weighted by Gasteiger charge is -2.42. The Kier molecular flexibility index (Phi) is 6.33. The standard InChI is InChI=1S/C34H36N4O3/c1-34(16-4-17-34)33(40)36-18-13-24(14-19-36)29-15-20-37(35-29)22-25-9-12-30-31-27(25)5-3-6-28(31)32(39)38(30)21-23-7-10-26(41-2)11-8-23/h3,5-12,15,20,24H,4,13-14,16-19,21-22H2,1-2H3. The molecule has 1 aliphatic carbocycles. The number of likely N-dealkylation sites (tertiary alicyclic amines) is 1. The lowest BCUT2D eigenvalue weighted by Crippen LogP contribution is -2.48. The molecular weight excluding hydrogens is 512 g/mol. The summed E-state index contributed by atoms with van der Waals surface area (Å²) in [5, 5.41) is 7.09. The number of nitrogens with zero attached hydrogens (tertiary/aromatic N) is 4. The Morgan fingerprint density at radius 1 is 1.00 bits per heavy atom. The highest BCUT2D eigenvalue weighted by atomic mass is 16.5. The molecule has 3 heterocycles. The molecule has 7 rings (SSSR count). The molecule has 0 N–H and O–H groups in total. The average molecular weight is 549 g/mol. The van der Waals surface area contributed by atoms with Crippen LogP contribution in [0.25, 0.3) is 10.8 Å². The Morgan fingerprint density at radius 2 is 1.78 bits per heavy atom. The van der Waals surface area contributed by atoms with Crippen LogP contribution in [0.4, 0.5) is 5.69 Å². The summed E-state index contributed by atoms with van der Waals surface area (Å²) in [4.78, 5) is 30.4. The molecule has 1 aromatic heterocycles. The van der Waals surface area contributed by atoms with Gasteiger partial charge in [-0.15, -0.1) is 0 Å². The number of methoxy groups -OCH3 is 1. The molecule has 2 amide bonds. The molecule has 0 unspecified atom stereocenters. The molecule has 0 bridgehead atoms. The van der Waals surface area contributed by atoms with Gasteiger partial charge in [0.2, 0.25) is 5.91 Å². The van der Waals surface area contributed by atoms with E-state index in [2.05, 4.69) is 42.3 Å². The third-order valence-electron chi connectivity index (χ3n) is 9.54. The highest BCUT2D eigenvalue weighted by molar-refractivity contribution is 6.25. The second-order valence-corrected chi connectivity index (χ2v) is 12.1. The molecule has 1 saturated heterocycles. The maximum Gasteiger partial charge on any atom is 0.259 e. The molecular formula is C34H36N4O3. The Labute approximate surface area is 240 Å². The number of aromatic nitrogens is 2. The minimum absolute atomic E-state index is 0.0380. The van der Waals surface area contributed by atoms with Crippen molar-refractivity contribution in [1.29, 1.82) is 0 Å². The van der Waals surface area contributed by atoms with E-state index in [1.165, 1.54) is 6.42 Å². The maximum absolute atomic E-state index is 13.5. The van der Waals surface area contributed by atoms with E-state index in [1.54, 1.807) is 7.11 Å². The van der Waals surface area contributed by atoms with Crippen LogP contribution in [-0.2, 0) is 17.9 Å². The fourth-order valence-electron chi connectivity index (χ4n) is 6.85. The largest absolute Gasteiger partial charge is 0.497 e. The summed E-state index contributed by atoms with van der Waals surface area (Å²) in [5.74, 6) is 1.57. The molecule has 3 aromatic carbocycles. The van der Waals surface area contributed by atoms with Crippen molar-refractivity contribution < 1.29 is 14.3 Å². The fraction of sp³-hybridized carbons (Fsp3) is 0.382. The van der Waals surface area contributed by atoms with Crippen molar-refractivity contribution in [2.45, 2.75) is 58.0 Å². The van der Waals surface area contributed by atoms with E-state index >= 15 is 0 Å². The summed E-state index contributed by atoms with van der Waals surface area (Å²) in [7, 11) is 1.65. The zero-order valence-corrected chi connectivity index (χ0v) is 23.8. The summed E-state index contributed by atoms with van der Waals surface area (Å²) >= 11 is 0. The zero-order valence-electron chi connectivity index (χ0n) is 23.8. The Morgan fingerprint density at radius 3 is 2.49 bits per heavy atom. The van der Waals surface area contributed by atoms with E-state index in [0.29, 0.717) is 24.9 Å². The first kappa shape index (κ1) is 25.8. The SMILES string of the molecule is COc1ccc(CN2C(=O)c3cccc4c(Cn5ccc(C6CCN(C(=O)C7(C)CCC7)CC6)n5)ccc2c34)cc1. The summed E-state index contributed by atoms with van der Waals surface area (Å²) in [5.41, 5.74) is 4.91. The number of hydrogen-bond donors (Lipinski definition) is 0. The summed E-state index contributed by atoms with van der Waals surface area (Å²) < 4.78 is 7.30. The number of piperidine rings is 1. The first-order chi connectivity index (χ1) is 19.9. The topological polar surface area (TPSA) is 67.7 Å². The predicted octanol–water partition coefficient (Wildman–Crippen LogP) is 6.15. The van der Waals surface area contributed by atoms with Crippen molar-refractivity contribution in [2.75, 3.05) is 25.1 Å². The van der Waals surface area contributed by atoms with E-state index in [0.717, 1.165) is 83.4 Å². The molecule has 2 aliphatic heterocycles. The smallest absolute Gasteiger partial charge is 0.259 e. The molecule has 7 heteroatoms. The van der Waals surface area contributed by atoms with Gasteiger partial charge in [-0.25, -0.2) is 0 Å². The number of carbonyl (C=O) groups excluding carboxylic acids is 2. The van der Waals surface area contributed by atoms with Gasteiger partial charge in [0.05, 0.1) is 31.6 Å². The highest BCUT2D eigenvalue weighted by Crippen LogP contribution is 2.43. The average Bonchev–Trinajstić information content (AvgIpc) is 3.57. The minimum Gasteiger partial charge on any atom is -0.497 e. The van der Waals surface area contributed by atoms with E-state index in [4.69, 9.17) is 9.84 Å². The van der Waals surface area contributed by atoms with Crippen LogP contribution in [0, 0.1) is 5.41 Å². The molecule has 1 saturated carbocycles. The number of hydrogen-bond acceptors (Lipinski definition) is 4. The highest BCUT2D eigenvalue weighted by Gasteiger charge is 2.42. The van der Waals surface area contributed by atoms with Crippen molar-refractivity contribution in [3.05, 3.63) is 89.2 Å². The predicted molar refractivity (Wildman–Crippen MR) is 159 cm³/mol. The van der Waals surface area contributed by atoms with E-state index in [1.807, 2.05) is 46.0 Å². The normalized spacial score (nSPS) is 18.1. The Hall–Kier alpha value is -4.13. The van der Waals surface area contributed by atoms with Crippen molar-refractivity contribution in [3.63, 3.8) is 0 Å². The second-order valence-electron chi connectivity index (χ2n) is 12.1. The van der Waals surface area contributed by atoms with Gasteiger partial charge in [0, 0.05) is 41.6 Å².